The summed E-state index contributed by atoms with van der Waals surface area (Å²) >= 11 is 0. The van der Waals surface area contributed by atoms with E-state index in [1.54, 1.807) is 12.3 Å². The van der Waals surface area contributed by atoms with Gasteiger partial charge in [-0.3, -0.25) is 9.78 Å². The molecule has 0 aliphatic carbocycles. The number of nitrogen functional groups attached to an aromatic ring is 1. The Morgan fingerprint density at radius 3 is 2.85 bits per heavy atom. The van der Waals surface area contributed by atoms with E-state index >= 15 is 0 Å². The first-order chi connectivity index (χ1) is 9.63. The third kappa shape index (κ3) is 2.96. The molecule has 0 saturated heterocycles. The minimum Gasteiger partial charge on any atom is -0.398 e. The van der Waals surface area contributed by atoms with E-state index in [0.717, 1.165) is 23.2 Å². The topological polar surface area (TPSA) is 68.0 Å². The van der Waals surface area contributed by atoms with Crippen molar-refractivity contribution in [3.8, 4) is 0 Å². The molecule has 0 atom stereocenters. The van der Waals surface area contributed by atoms with Gasteiger partial charge in [0, 0.05) is 11.9 Å². The molecule has 104 valence electrons. The fraction of sp³-hybridized carbons (Fsp3) is 0.250. The number of aryl methyl sites for hydroxylation is 2. The average molecular weight is 269 g/mol. The van der Waals surface area contributed by atoms with E-state index in [1.807, 2.05) is 31.2 Å². The number of carbonyl (C=O) groups excluding carboxylic acids is 1. The summed E-state index contributed by atoms with van der Waals surface area (Å²) < 4.78 is 0. The van der Waals surface area contributed by atoms with E-state index in [4.69, 9.17) is 5.73 Å². The number of benzene rings is 1. The number of anilines is 1. The SMILES string of the molecule is CCc1cccnc1CNC(=O)c1cccc(C)c1N. The third-order valence-electron chi connectivity index (χ3n) is 3.35. The van der Waals surface area contributed by atoms with Crippen LogP contribution < -0.4 is 11.1 Å². The lowest BCUT2D eigenvalue weighted by Crippen LogP contribution is -2.25. The summed E-state index contributed by atoms with van der Waals surface area (Å²) in [6.45, 7) is 4.37. The lowest BCUT2D eigenvalue weighted by Gasteiger charge is -2.10. The summed E-state index contributed by atoms with van der Waals surface area (Å²) in [7, 11) is 0. The van der Waals surface area contributed by atoms with E-state index in [2.05, 4.69) is 17.2 Å². The lowest BCUT2D eigenvalue weighted by molar-refractivity contribution is 0.0951. The Morgan fingerprint density at radius 2 is 2.10 bits per heavy atom. The number of pyridine rings is 1. The largest absolute Gasteiger partial charge is 0.398 e. The average Bonchev–Trinajstić information content (AvgIpc) is 2.48. The van der Waals surface area contributed by atoms with E-state index in [1.165, 1.54) is 0 Å². The Hall–Kier alpha value is -2.36. The molecule has 0 fully saturated rings. The van der Waals surface area contributed by atoms with Gasteiger partial charge in [0.2, 0.25) is 0 Å². The van der Waals surface area contributed by atoms with E-state index in [-0.39, 0.29) is 5.91 Å². The predicted octanol–water partition coefficient (Wildman–Crippen LogP) is 2.46. The van der Waals surface area contributed by atoms with Crippen LogP contribution in [0.3, 0.4) is 0 Å². The number of nitrogens with two attached hydrogens (primary N) is 1. The van der Waals surface area contributed by atoms with Gasteiger partial charge in [0.25, 0.3) is 5.91 Å². The second-order valence-corrected chi connectivity index (χ2v) is 4.68. The Balaban J connectivity index is 2.11. The number of carbonyl (C=O) groups is 1. The van der Waals surface area contributed by atoms with Crippen molar-refractivity contribution in [1.82, 2.24) is 10.3 Å². The number of para-hydroxylation sites is 1. The molecule has 20 heavy (non-hydrogen) atoms. The number of nitrogens with zero attached hydrogens (tertiary/aromatic N) is 1. The number of rotatable bonds is 4. The first-order valence-corrected chi connectivity index (χ1v) is 6.69. The maximum Gasteiger partial charge on any atom is 0.253 e. The third-order valence-corrected chi connectivity index (χ3v) is 3.35. The first-order valence-electron chi connectivity index (χ1n) is 6.69. The van der Waals surface area contributed by atoms with Crippen LogP contribution in [0.4, 0.5) is 5.69 Å². The highest BCUT2D eigenvalue weighted by Crippen LogP contribution is 2.16. The Bertz CT molecular complexity index is 623. The minimum atomic E-state index is -0.168. The molecule has 3 N–H and O–H groups in total. The molecule has 2 aromatic rings. The molecule has 0 saturated carbocycles. The fourth-order valence-electron chi connectivity index (χ4n) is 2.09. The van der Waals surface area contributed by atoms with Crippen LogP contribution in [0.5, 0.6) is 0 Å². The van der Waals surface area contributed by atoms with Gasteiger partial charge in [0.05, 0.1) is 17.8 Å². The molecule has 0 spiro atoms. The second-order valence-electron chi connectivity index (χ2n) is 4.68. The Kier molecular flexibility index (Phi) is 4.35. The molecule has 1 aromatic heterocycles. The van der Waals surface area contributed by atoms with Gasteiger partial charge in [-0.1, -0.05) is 25.1 Å². The van der Waals surface area contributed by atoms with Crippen LogP contribution >= 0.6 is 0 Å². The molecule has 1 heterocycles. The Morgan fingerprint density at radius 1 is 1.30 bits per heavy atom. The summed E-state index contributed by atoms with van der Waals surface area (Å²) in [4.78, 5) is 16.5. The van der Waals surface area contributed by atoms with Gasteiger partial charge in [-0.15, -0.1) is 0 Å². The van der Waals surface area contributed by atoms with Gasteiger partial charge in [0.1, 0.15) is 0 Å². The number of hydrogen-bond donors (Lipinski definition) is 2. The van der Waals surface area contributed by atoms with Crippen LogP contribution in [0, 0.1) is 6.92 Å². The highest BCUT2D eigenvalue weighted by Gasteiger charge is 2.11. The van der Waals surface area contributed by atoms with Gasteiger partial charge in [0.15, 0.2) is 0 Å². The summed E-state index contributed by atoms with van der Waals surface area (Å²) in [6.07, 6.45) is 2.63. The standard InChI is InChI=1S/C16H19N3O/c1-3-12-7-5-9-18-14(12)10-19-16(20)13-8-4-6-11(2)15(13)17/h4-9H,3,10,17H2,1-2H3,(H,19,20). The van der Waals surface area contributed by atoms with Crippen LogP contribution in [-0.4, -0.2) is 10.9 Å². The molecule has 1 amide bonds. The zero-order valence-corrected chi connectivity index (χ0v) is 11.8. The van der Waals surface area contributed by atoms with Gasteiger partial charge < -0.3 is 11.1 Å². The first kappa shape index (κ1) is 14.1. The van der Waals surface area contributed by atoms with Gasteiger partial charge >= 0.3 is 0 Å². The van der Waals surface area contributed by atoms with Crippen LogP contribution in [0.2, 0.25) is 0 Å². The quantitative estimate of drug-likeness (QED) is 0.838. The van der Waals surface area contributed by atoms with Crippen molar-refractivity contribution in [2.24, 2.45) is 0 Å². The predicted molar refractivity (Wildman–Crippen MR) is 80.4 cm³/mol. The Labute approximate surface area is 119 Å². The zero-order valence-electron chi connectivity index (χ0n) is 11.8. The molecule has 2 rings (SSSR count). The minimum absolute atomic E-state index is 0.168. The fourth-order valence-corrected chi connectivity index (χ4v) is 2.09. The molecular weight excluding hydrogens is 250 g/mol. The van der Waals surface area contributed by atoms with Crippen molar-refractivity contribution < 1.29 is 4.79 Å². The molecule has 4 nitrogen and oxygen atoms in total. The molecule has 0 aliphatic rings. The number of hydrogen-bond acceptors (Lipinski definition) is 3. The molecule has 0 unspecified atom stereocenters. The van der Waals surface area contributed by atoms with Crippen molar-refractivity contribution >= 4 is 11.6 Å². The molecular formula is C16H19N3O. The van der Waals surface area contributed by atoms with Crippen LogP contribution in [0.15, 0.2) is 36.5 Å². The monoisotopic (exact) mass is 269 g/mol. The van der Waals surface area contributed by atoms with Crippen molar-refractivity contribution in [3.63, 3.8) is 0 Å². The van der Waals surface area contributed by atoms with Crippen LogP contribution in [0.1, 0.15) is 34.1 Å². The van der Waals surface area contributed by atoms with Crippen molar-refractivity contribution in [3.05, 3.63) is 58.9 Å². The van der Waals surface area contributed by atoms with Crippen molar-refractivity contribution in [2.75, 3.05) is 5.73 Å². The maximum absolute atomic E-state index is 12.2. The highest BCUT2D eigenvalue weighted by molar-refractivity contribution is 5.99. The van der Waals surface area contributed by atoms with Crippen molar-refractivity contribution in [2.45, 2.75) is 26.8 Å². The summed E-state index contributed by atoms with van der Waals surface area (Å²) in [6, 6.07) is 9.38. The summed E-state index contributed by atoms with van der Waals surface area (Å²) in [5, 5.41) is 2.88. The molecule has 0 aliphatic heterocycles. The molecule has 0 radical (unpaired) electrons. The number of amides is 1. The number of aromatic nitrogens is 1. The van der Waals surface area contributed by atoms with E-state index < -0.39 is 0 Å². The van der Waals surface area contributed by atoms with Crippen molar-refractivity contribution in [1.29, 1.82) is 0 Å². The smallest absolute Gasteiger partial charge is 0.253 e. The molecule has 0 bridgehead atoms. The highest BCUT2D eigenvalue weighted by atomic mass is 16.1. The lowest BCUT2D eigenvalue weighted by atomic mass is 10.1. The van der Waals surface area contributed by atoms with Crippen LogP contribution in [0.25, 0.3) is 0 Å². The zero-order chi connectivity index (χ0) is 14.5. The number of nitrogens with one attached hydrogen (secondary N) is 1. The van der Waals surface area contributed by atoms with Gasteiger partial charge in [-0.05, 0) is 36.6 Å². The summed E-state index contributed by atoms with van der Waals surface area (Å²) in [5.41, 5.74) is 9.92. The van der Waals surface area contributed by atoms with Crippen LogP contribution in [-0.2, 0) is 13.0 Å². The maximum atomic E-state index is 12.2. The molecule has 1 aromatic carbocycles. The second kappa shape index (κ2) is 6.19. The van der Waals surface area contributed by atoms with Gasteiger partial charge in [-0.25, -0.2) is 0 Å². The van der Waals surface area contributed by atoms with Gasteiger partial charge in [-0.2, -0.15) is 0 Å². The summed E-state index contributed by atoms with van der Waals surface area (Å²) in [5.74, 6) is -0.168. The normalized spacial score (nSPS) is 10.3. The van der Waals surface area contributed by atoms with E-state index in [9.17, 15) is 4.79 Å². The van der Waals surface area contributed by atoms with E-state index in [0.29, 0.717) is 17.8 Å². The molecule has 4 heteroatoms.